The minimum Gasteiger partial charge on any atom is -0.329 e. The molecule has 0 aromatic carbocycles. The van der Waals surface area contributed by atoms with Gasteiger partial charge in [-0.15, -0.1) is 0 Å². The highest BCUT2D eigenvalue weighted by Crippen LogP contribution is 2.27. The van der Waals surface area contributed by atoms with Gasteiger partial charge >= 0.3 is 0 Å². The highest BCUT2D eigenvalue weighted by atomic mass is 15.2. The Morgan fingerprint density at radius 3 is 2.33 bits per heavy atom. The van der Waals surface area contributed by atoms with Crippen LogP contribution >= 0.6 is 0 Å². The van der Waals surface area contributed by atoms with Crippen LogP contribution in [0, 0.1) is 5.92 Å². The molecular weight excluding hydrogens is 220 g/mol. The molecule has 1 rings (SSSR count). The van der Waals surface area contributed by atoms with Crippen LogP contribution in [0.2, 0.25) is 0 Å². The molecule has 2 heteroatoms. The molecule has 0 amide bonds. The van der Waals surface area contributed by atoms with Gasteiger partial charge in [0, 0.05) is 25.2 Å². The van der Waals surface area contributed by atoms with Gasteiger partial charge in [0.15, 0.2) is 0 Å². The Morgan fingerprint density at radius 2 is 1.83 bits per heavy atom. The topological polar surface area (TPSA) is 29.3 Å². The average molecular weight is 254 g/mol. The van der Waals surface area contributed by atoms with E-state index in [9.17, 15) is 0 Å². The lowest BCUT2D eigenvalue weighted by Gasteiger charge is -2.37. The van der Waals surface area contributed by atoms with E-state index in [1.807, 2.05) is 0 Å². The Morgan fingerprint density at radius 1 is 1.17 bits per heavy atom. The number of nitrogens with zero attached hydrogens (tertiary/aromatic N) is 1. The van der Waals surface area contributed by atoms with Crippen molar-refractivity contribution >= 4 is 0 Å². The molecule has 1 unspecified atom stereocenters. The van der Waals surface area contributed by atoms with Gasteiger partial charge in [0.1, 0.15) is 0 Å². The standard InChI is InChI=1S/C16H34N2/c1-4-5-6-11-16(12-17)18(13-14(2)3)15-9-7-8-10-15/h14-16H,4-13,17H2,1-3H3. The summed E-state index contributed by atoms with van der Waals surface area (Å²) in [7, 11) is 0. The third-order valence-corrected chi connectivity index (χ3v) is 4.25. The second-order valence-corrected chi connectivity index (χ2v) is 6.41. The van der Waals surface area contributed by atoms with Crippen molar-refractivity contribution in [1.82, 2.24) is 4.90 Å². The van der Waals surface area contributed by atoms with E-state index in [-0.39, 0.29) is 0 Å². The Bertz CT molecular complexity index is 197. The average Bonchev–Trinajstić information content (AvgIpc) is 2.86. The number of hydrogen-bond donors (Lipinski definition) is 1. The van der Waals surface area contributed by atoms with E-state index in [1.54, 1.807) is 0 Å². The van der Waals surface area contributed by atoms with Crippen LogP contribution in [0.4, 0.5) is 0 Å². The first-order chi connectivity index (χ1) is 8.69. The van der Waals surface area contributed by atoms with Crippen LogP contribution in [0.3, 0.4) is 0 Å². The van der Waals surface area contributed by atoms with Crippen molar-refractivity contribution in [2.75, 3.05) is 13.1 Å². The third kappa shape index (κ3) is 5.27. The van der Waals surface area contributed by atoms with Gasteiger partial charge in [-0.2, -0.15) is 0 Å². The van der Waals surface area contributed by atoms with Crippen molar-refractivity contribution in [2.24, 2.45) is 11.7 Å². The molecule has 2 N–H and O–H groups in total. The zero-order valence-electron chi connectivity index (χ0n) is 12.8. The molecule has 0 heterocycles. The van der Waals surface area contributed by atoms with Gasteiger partial charge in [-0.25, -0.2) is 0 Å². The van der Waals surface area contributed by atoms with Crippen LogP contribution in [-0.4, -0.2) is 30.1 Å². The maximum Gasteiger partial charge on any atom is 0.0221 e. The van der Waals surface area contributed by atoms with Crippen molar-refractivity contribution in [1.29, 1.82) is 0 Å². The molecule has 0 saturated heterocycles. The summed E-state index contributed by atoms with van der Waals surface area (Å²) >= 11 is 0. The molecule has 1 saturated carbocycles. The first-order valence-electron chi connectivity index (χ1n) is 8.14. The summed E-state index contributed by atoms with van der Waals surface area (Å²) < 4.78 is 0. The molecule has 0 spiro atoms. The van der Waals surface area contributed by atoms with E-state index < -0.39 is 0 Å². The summed E-state index contributed by atoms with van der Waals surface area (Å²) in [6.07, 6.45) is 11.0. The van der Waals surface area contributed by atoms with Gasteiger partial charge < -0.3 is 5.73 Å². The Hall–Kier alpha value is -0.0800. The van der Waals surface area contributed by atoms with E-state index in [2.05, 4.69) is 25.7 Å². The largest absolute Gasteiger partial charge is 0.329 e. The molecule has 0 aromatic rings. The molecule has 0 radical (unpaired) electrons. The SMILES string of the molecule is CCCCCC(CN)N(CC(C)C)C1CCCC1. The fraction of sp³-hybridized carbons (Fsp3) is 1.00. The first kappa shape index (κ1) is 16.0. The van der Waals surface area contributed by atoms with Crippen molar-refractivity contribution in [2.45, 2.75) is 84.2 Å². The van der Waals surface area contributed by atoms with E-state index in [4.69, 9.17) is 5.73 Å². The zero-order valence-corrected chi connectivity index (χ0v) is 12.8. The number of unbranched alkanes of at least 4 members (excludes halogenated alkanes) is 2. The fourth-order valence-electron chi connectivity index (χ4n) is 3.30. The highest BCUT2D eigenvalue weighted by molar-refractivity contribution is 4.84. The number of nitrogens with two attached hydrogens (primary N) is 1. The van der Waals surface area contributed by atoms with Gasteiger partial charge in [-0.1, -0.05) is 52.9 Å². The van der Waals surface area contributed by atoms with Crippen LogP contribution in [0.5, 0.6) is 0 Å². The Balaban J connectivity index is 2.53. The van der Waals surface area contributed by atoms with Crippen LogP contribution < -0.4 is 5.73 Å². The van der Waals surface area contributed by atoms with Gasteiger partial charge in [0.2, 0.25) is 0 Å². The van der Waals surface area contributed by atoms with Gasteiger partial charge in [0.05, 0.1) is 0 Å². The van der Waals surface area contributed by atoms with Gasteiger partial charge in [-0.05, 0) is 25.2 Å². The Kier molecular flexibility index (Phi) is 7.92. The van der Waals surface area contributed by atoms with E-state index in [0.29, 0.717) is 6.04 Å². The van der Waals surface area contributed by atoms with Crippen LogP contribution in [0.15, 0.2) is 0 Å². The molecule has 108 valence electrons. The van der Waals surface area contributed by atoms with Crippen LogP contribution in [0.1, 0.15) is 72.1 Å². The monoisotopic (exact) mass is 254 g/mol. The summed E-state index contributed by atoms with van der Waals surface area (Å²) in [5, 5.41) is 0. The molecule has 2 nitrogen and oxygen atoms in total. The summed E-state index contributed by atoms with van der Waals surface area (Å²) in [6, 6.07) is 1.45. The van der Waals surface area contributed by atoms with Crippen molar-refractivity contribution < 1.29 is 0 Å². The summed E-state index contributed by atoms with van der Waals surface area (Å²) in [4.78, 5) is 2.76. The number of rotatable bonds is 9. The minimum absolute atomic E-state index is 0.627. The fourth-order valence-corrected chi connectivity index (χ4v) is 3.30. The molecule has 1 atom stereocenters. The van der Waals surface area contributed by atoms with Gasteiger partial charge in [0.25, 0.3) is 0 Å². The lowest BCUT2D eigenvalue weighted by molar-refractivity contribution is 0.114. The van der Waals surface area contributed by atoms with Crippen molar-refractivity contribution in [3.8, 4) is 0 Å². The molecule has 0 bridgehead atoms. The summed E-state index contributed by atoms with van der Waals surface area (Å²) in [5.41, 5.74) is 6.06. The molecular formula is C16H34N2. The van der Waals surface area contributed by atoms with Crippen LogP contribution in [0.25, 0.3) is 0 Å². The quantitative estimate of drug-likeness (QED) is 0.634. The van der Waals surface area contributed by atoms with Gasteiger partial charge in [-0.3, -0.25) is 4.90 Å². The zero-order chi connectivity index (χ0) is 13.4. The van der Waals surface area contributed by atoms with Crippen molar-refractivity contribution in [3.63, 3.8) is 0 Å². The first-order valence-corrected chi connectivity index (χ1v) is 8.14. The van der Waals surface area contributed by atoms with E-state index in [1.165, 1.54) is 57.9 Å². The third-order valence-electron chi connectivity index (χ3n) is 4.25. The molecule has 1 fully saturated rings. The Labute approximate surface area is 114 Å². The second kappa shape index (κ2) is 8.92. The van der Waals surface area contributed by atoms with E-state index >= 15 is 0 Å². The maximum atomic E-state index is 6.06. The molecule has 0 aromatic heterocycles. The molecule has 1 aliphatic carbocycles. The van der Waals surface area contributed by atoms with Crippen LogP contribution in [-0.2, 0) is 0 Å². The molecule has 18 heavy (non-hydrogen) atoms. The van der Waals surface area contributed by atoms with E-state index in [0.717, 1.165) is 18.5 Å². The predicted octanol–water partition coefficient (Wildman–Crippen LogP) is 3.79. The summed E-state index contributed by atoms with van der Waals surface area (Å²) in [5.74, 6) is 0.755. The minimum atomic E-state index is 0.627. The highest BCUT2D eigenvalue weighted by Gasteiger charge is 2.28. The lowest BCUT2D eigenvalue weighted by Crippen LogP contribution is -2.47. The lowest BCUT2D eigenvalue weighted by atomic mass is 10.0. The number of hydrogen-bond acceptors (Lipinski definition) is 2. The van der Waals surface area contributed by atoms with Crippen molar-refractivity contribution in [3.05, 3.63) is 0 Å². The second-order valence-electron chi connectivity index (χ2n) is 6.41. The maximum absolute atomic E-state index is 6.06. The smallest absolute Gasteiger partial charge is 0.0221 e. The molecule has 1 aliphatic rings. The molecule has 0 aliphatic heterocycles. The summed E-state index contributed by atoms with van der Waals surface area (Å²) in [6.45, 7) is 9.02. The predicted molar refractivity (Wildman–Crippen MR) is 80.8 cm³/mol. The normalized spacial score (nSPS) is 19.0.